The summed E-state index contributed by atoms with van der Waals surface area (Å²) in [6.07, 6.45) is 0. The average Bonchev–Trinajstić information content (AvgIpc) is 1.95. The Morgan fingerprint density at radius 1 is 1.30 bits per heavy atom. The summed E-state index contributed by atoms with van der Waals surface area (Å²) in [6.45, 7) is 4.18. The van der Waals surface area contributed by atoms with Gasteiger partial charge in [0.05, 0.1) is 0 Å². The van der Waals surface area contributed by atoms with Gasteiger partial charge >= 0.3 is 0 Å². The van der Waals surface area contributed by atoms with Crippen LogP contribution in [0.15, 0.2) is 18.2 Å². The molecule has 0 amide bonds. The molecule has 0 N–H and O–H groups in total. The third-order valence-electron chi connectivity index (χ3n) is 1.77. The SMILES string of the molecule is Cc1cccc(O[SiH3])c1C. The van der Waals surface area contributed by atoms with Gasteiger partial charge in [0, 0.05) is 0 Å². The van der Waals surface area contributed by atoms with Gasteiger partial charge in [0.1, 0.15) is 5.75 Å². The summed E-state index contributed by atoms with van der Waals surface area (Å²) in [6, 6.07) is 6.13. The minimum atomic E-state index is 0.773. The van der Waals surface area contributed by atoms with Gasteiger partial charge in [0.15, 0.2) is 0 Å². The van der Waals surface area contributed by atoms with Crippen molar-refractivity contribution in [2.45, 2.75) is 13.8 Å². The first-order valence-corrected chi connectivity index (χ1v) is 4.17. The van der Waals surface area contributed by atoms with Gasteiger partial charge < -0.3 is 4.43 Å². The van der Waals surface area contributed by atoms with E-state index in [0.29, 0.717) is 0 Å². The van der Waals surface area contributed by atoms with Gasteiger partial charge in [-0.15, -0.1) is 0 Å². The molecule has 0 atom stereocenters. The van der Waals surface area contributed by atoms with E-state index in [1.807, 2.05) is 12.1 Å². The fourth-order valence-corrected chi connectivity index (χ4v) is 1.39. The zero-order valence-electron chi connectivity index (χ0n) is 6.64. The highest BCUT2D eigenvalue weighted by Crippen LogP contribution is 2.19. The first kappa shape index (κ1) is 7.35. The molecule has 0 fully saturated rings. The molecule has 10 heavy (non-hydrogen) atoms. The molecule has 1 aromatic rings. The molecule has 0 aliphatic rings. The maximum Gasteiger partial charge on any atom is 0.204 e. The van der Waals surface area contributed by atoms with E-state index in [9.17, 15) is 0 Å². The van der Waals surface area contributed by atoms with Gasteiger partial charge in [0.25, 0.3) is 0 Å². The third-order valence-corrected chi connectivity index (χ3v) is 2.21. The normalized spacial score (nSPS) is 9.80. The molecule has 0 radical (unpaired) electrons. The van der Waals surface area contributed by atoms with Gasteiger partial charge in [-0.05, 0) is 31.0 Å². The van der Waals surface area contributed by atoms with Crippen LogP contribution in [-0.4, -0.2) is 10.5 Å². The maximum atomic E-state index is 5.26. The highest BCUT2D eigenvalue weighted by atomic mass is 28.2. The van der Waals surface area contributed by atoms with Crippen molar-refractivity contribution < 1.29 is 4.43 Å². The van der Waals surface area contributed by atoms with Crippen molar-refractivity contribution in [3.8, 4) is 5.75 Å². The van der Waals surface area contributed by atoms with Gasteiger partial charge in [-0.1, -0.05) is 12.1 Å². The molecule has 0 aliphatic heterocycles. The standard InChI is InChI=1S/C8H12OSi/c1-6-4-3-5-8(9-10)7(6)2/h3-5H,1-2,10H3. The molecule has 0 saturated carbocycles. The molecule has 0 bridgehead atoms. The summed E-state index contributed by atoms with van der Waals surface area (Å²) >= 11 is 0. The van der Waals surface area contributed by atoms with Crippen molar-refractivity contribution in [3.05, 3.63) is 29.3 Å². The highest BCUT2D eigenvalue weighted by Gasteiger charge is 1.96. The molecule has 0 aliphatic carbocycles. The highest BCUT2D eigenvalue weighted by molar-refractivity contribution is 6.00. The number of aryl methyl sites for hydroxylation is 1. The minimum absolute atomic E-state index is 0.773. The van der Waals surface area contributed by atoms with Crippen molar-refractivity contribution in [2.75, 3.05) is 0 Å². The lowest BCUT2D eigenvalue weighted by atomic mass is 10.1. The van der Waals surface area contributed by atoms with Crippen molar-refractivity contribution in [3.63, 3.8) is 0 Å². The summed E-state index contributed by atoms with van der Waals surface area (Å²) in [5.41, 5.74) is 2.56. The average molecular weight is 152 g/mol. The monoisotopic (exact) mass is 152 g/mol. The summed E-state index contributed by atoms with van der Waals surface area (Å²) in [5.74, 6) is 1.03. The first-order valence-electron chi connectivity index (χ1n) is 3.36. The van der Waals surface area contributed by atoms with Crippen LogP contribution in [0.4, 0.5) is 0 Å². The van der Waals surface area contributed by atoms with E-state index < -0.39 is 0 Å². The molecule has 0 saturated heterocycles. The largest absolute Gasteiger partial charge is 0.553 e. The van der Waals surface area contributed by atoms with Crippen LogP contribution < -0.4 is 4.43 Å². The molecular formula is C8H12OSi. The van der Waals surface area contributed by atoms with Gasteiger partial charge in [-0.25, -0.2) is 0 Å². The zero-order valence-corrected chi connectivity index (χ0v) is 8.64. The lowest BCUT2D eigenvalue weighted by Crippen LogP contribution is -1.89. The molecule has 1 nitrogen and oxygen atoms in total. The molecule has 0 unspecified atom stereocenters. The fourth-order valence-electron chi connectivity index (χ4n) is 0.945. The van der Waals surface area contributed by atoms with E-state index in [2.05, 4.69) is 19.9 Å². The molecule has 1 aromatic carbocycles. The second kappa shape index (κ2) is 2.88. The van der Waals surface area contributed by atoms with Gasteiger partial charge in [-0.2, -0.15) is 0 Å². The minimum Gasteiger partial charge on any atom is -0.553 e. The Balaban J connectivity index is 3.14. The van der Waals surface area contributed by atoms with Crippen LogP contribution in [0.1, 0.15) is 11.1 Å². The molecule has 1 rings (SSSR count). The predicted octanol–water partition coefficient (Wildman–Crippen LogP) is 0.963. The summed E-state index contributed by atoms with van der Waals surface area (Å²) in [4.78, 5) is 0. The van der Waals surface area contributed by atoms with Crippen LogP contribution in [0.5, 0.6) is 5.75 Å². The van der Waals surface area contributed by atoms with Crippen LogP contribution in [-0.2, 0) is 0 Å². The van der Waals surface area contributed by atoms with Crippen LogP contribution in [0.3, 0.4) is 0 Å². The number of hydrogen-bond acceptors (Lipinski definition) is 1. The topological polar surface area (TPSA) is 9.23 Å². The Morgan fingerprint density at radius 2 is 2.00 bits per heavy atom. The summed E-state index contributed by atoms with van der Waals surface area (Å²) in [5, 5.41) is 0. The van der Waals surface area contributed by atoms with Gasteiger partial charge in [-0.3, -0.25) is 0 Å². The second-order valence-corrected chi connectivity index (χ2v) is 2.81. The van der Waals surface area contributed by atoms with Crippen molar-refractivity contribution in [2.24, 2.45) is 0 Å². The van der Waals surface area contributed by atoms with Crippen molar-refractivity contribution in [1.82, 2.24) is 0 Å². The van der Waals surface area contributed by atoms with Crippen LogP contribution in [0, 0.1) is 13.8 Å². The first-order chi connectivity index (χ1) is 4.75. The Bertz CT molecular complexity index is 233. The van der Waals surface area contributed by atoms with Crippen LogP contribution >= 0.6 is 0 Å². The predicted molar refractivity (Wildman–Crippen MR) is 46.5 cm³/mol. The van der Waals surface area contributed by atoms with Gasteiger partial charge in [0.2, 0.25) is 10.5 Å². The Hall–Kier alpha value is -0.763. The lowest BCUT2D eigenvalue weighted by molar-refractivity contribution is 0.609. The zero-order chi connectivity index (χ0) is 7.56. The van der Waals surface area contributed by atoms with E-state index in [1.54, 1.807) is 0 Å². The Kier molecular flexibility index (Phi) is 2.12. The second-order valence-electron chi connectivity index (χ2n) is 2.40. The molecule has 54 valence electrons. The summed E-state index contributed by atoms with van der Waals surface area (Å²) in [7, 11) is 0.773. The Labute approximate surface area is 64.6 Å². The maximum absolute atomic E-state index is 5.26. The molecule has 0 aromatic heterocycles. The van der Waals surface area contributed by atoms with Crippen molar-refractivity contribution >= 4 is 10.5 Å². The summed E-state index contributed by atoms with van der Waals surface area (Å²) < 4.78 is 5.26. The third kappa shape index (κ3) is 1.21. The Morgan fingerprint density at radius 3 is 2.50 bits per heavy atom. The van der Waals surface area contributed by atoms with E-state index in [0.717, 1.165) is 16.2 Å². The van der Waals surface area contributed by atoms with E-state index in [4.69, 9.17) is 4.43 Å². The lowest BCUT2D eigenvalue weighted by Gasteiger charge is -2.06. The quantitative estimate of drug-likeness (QED) is 0.545. The molecule has 0 heterocycles. The number of benzene rings is 1. The van der Waals surface area contributed by atoms with Crippen LogP contribution in [0.2, 0.25) is 0 Å². The van der Waals surface area contributed by atoms with Crippen LogP contribution in [0.25, 0.3) is 0 Å². The van der Waals surface area contributed by atoms with E-state index >= 15 is 0 Å². The number of rotatable bonds is 1. The smallest absolute Gasteiger partial charge is 0.204 e. The van der Waals surface area contributed by atoms with E-state index in [1.165, 1.54) is 11.1 Å². The van der Waals surface area contributed by atoms with Crippen molar-refractivity contribution in [1.29, 1.82) is 0 Å². The number of hydrogen-bond donors (Lipinski definition) is 0. The fraction of sp³-hybridized carbons (Fsp3) is 0.250. The molecule has 2 heteroatoms. The molecular weight excluding hydrogens is 140 g/mol. The van der Waals surface area contributed by atoms with E-state index in [-0.39, 0.29) is 0 Å². The molecule has 0 spiro atoms.